The first-order valence-electron chi connectivity index (χ1n) is 4.79. The SMILES string of the molecule is Cc1cc(C(O)C(=O)O)cc(OC(F)F)c1C. The van der Waals surface area contributed by atoms with Crippen molar-refractivity contribution >= 4 is 5.97 Å². The number of aliphatic hydroxyl groups is 1. The molecule has 1 aromatic carbocycles. The average molecular weight is 246 g/mol. The van der Waals surface area contributed by atoms with Gasteiger partial charge in [-0.05, 0) is 36.6 Å². The number of aliphatic carboxylic acids is 1. The minimum absolute atomic E-state index is 0.0104. The summed E-state index contributed by atoms with van der Waals surface area (Å²) >= 11 is 0. The van der Waals surface area contributed by atoms with E-state index in [0.717, 1.165) is 6.07 Å². The fourth-order valence-electron chi connectivity index (χ4n) is 1.37. The monoisotopic (exact) mass is 246 g/mol. The van der Waals surface area contributed by atoms with Gasteiger partial charge in [0.15, 0.2) is 6.10 Å². The predicted molar refractivity (Wildman–Crippen MR) is 55.1 cm³/mol. The Morgan fingerprint density at radius 3 is 2.41 bits per heavy atom. The maximum absolute atomic E-state index is 12.1. The number of halogens is 2. The van der Waals surface area contributed by atoms with Gasteiger partial charge in [0.1, 0.15) is 5.75 Å². The number of benzene rings is 1. The molecule has 0 bridgehead atoms. The maximum atomic E-state index is 12.1. The maximum Gasteiger partial charge on any atom is 0.387 e. The van der Waals surface area contributed by atoms with Crippen LogP contribution in [0, 0.1) is 13.8 Å². The Morgan fingerprint density at radius 2 is 1.94 bits per heavy atom. The summed E-state index contributed by atoms with van der Waals surface area (Å²) in [5.41, 5.74) is 1.06. The minimum atomic E-state index is -3.00. The first-order chi connectivity index (χ1) is 7.82. The molecule has 0 saturated heterocycles. The van der Waals surface area contributed by atoms with Gasteiger partial charge in [-0.2, -0.15) is 8.78 Å². The van der Waals surface area contributed by atoms with Gasteiger partial charge < -0.3 is 14.9 Å². The second kappa shape index (κ2) is 5.09. The van der Waals surface area contributed by atoms with Gasteiger partial charge in [0.05, 0.1) is 0 Å². The topological polar surface area (TPSA) is 66.8 Å². The van der Waals surface area contributed by atoms with Gasteiger partial charge in [0.2, 0.25) is 0 Å². The highest BCUT2D eigenvalue weighted by Crippen LogP contribution is 2.28. The molecule has 0 aliphatic rings. The fraction of sp³-hybridized carbons (Fsp3) is 0.364. The normalized spacial score (nSPS) is 12.6. The van der Waals surface area contributed by atoms with Crippen molar-refractivity contribution in [2.75, 3.05) is 0 Å². The van der Waals surface area contributed by atoms with E-state index in [1.54, 1.807) is 13.8 Å². The quantitative estimate of drug-likeness (QED) is 0.852. The first-order valence-corrected chi connectivity index (χ1v) is 4.79. The van der Waals surface area contributed by atoms with Crippen molar-refractivity contribution in [2.45, 2.75) is 26.6 Å². The Bertz CT molecular complexity index is 432. The number of hydrogen-bond donors (Lipinski definition) is 2. The fourth-order valence-corrected chi connectivity index (χ4v) is 1.37. The van der Waals surface area contributed by atoms with Crippen LogP contribution in [-0.2, 0) is 4.79 Å². The van der Waals surface area contributed by atoms with Crippen molar-refractivity contribution in [3.8, 4) is 5.75 Å². The molecule has 94 valence electrons. The molecular weight excluding hydrogens is 234 g/mol. The highest BCUT2D eigenvalue weighted by Gasteiger charge is 2.19. The molecule has 0 aliphatic heterocycles. The zero-order valence-electron chi connectivity index (χ0n) is 9.28. The number of rotatable bonds is 4. The lowest BCUT2D eigenvalue weighted by molar-refractivity contribution is -0.146. The van der Waals surface area contributed by atoms with Crippen molar-refractivity contribution < 1.29 is 28.5 Å². The van der Waals surface area contributed by atoms with Crippen LogP contribution in [-0.4, -0.2) is 22.8 Å². The molecule has 0 aromatic heterocycles. The molecule has 4 nitrogen and oxygen atoms in total. The van der Waals surface area contributed by atoms with E-state index in [1.807, 2.05) is 0 Å². The van der Waals surface area contributed by atoms with Crippen LogP contribution in [0.2, 0.25) is 0 Å². The van der Waals surface area contributed by atoms with E-state index in [4.69, 9.17) is 5.11 Å². The number of carboxylic acids is 1. The van der Waals surface area contributed by atoms with Crippen molar-refractivity contribution in [2.24, 2.45) is 0 Å². The second-order valence-corrected chi connectivity index (χ2v) is 3.58. The highest BCUT2D eigenvalue weighted by atomic mass is 19.3. The molecule has 1 aromatic rings. The van der Waals surface area contributed by atoms with Gasteiger partial charge in [0.25, 0.3) is 0 Å². The molecule has 0 fully saturated rings. The number of aliphatic hydroxyl groups excluding tert-OH is 1. The van der Waals surface area contributed by atoms with E-state index in [0.29, 0.717) is 11.1 Å². The number of ether oxygens (including phenoxy) is 1. The van der Waals surface area contributed by atoms with E-state index in [-0.39, 0.29) is 11.3 Å². The molecule has 2 N–H and O–H groups in total. The molecule has 0 amide bonds. The van der Waals surface area contributed by atoms with Crippen LogP contribution in [0.5, 0.6) is 5.75 Å². The standard InChI is InChI=1S/C11H12F2O4/c1-5-3-7(9(14)10(15)16)4-8(6(5)2)17-11(12)13/h3-4,9,11,14H,1-2H3,(H,15,16). The number of carboxylic acid groups (broad SMARTS) is 1. The Kier molecular flexibility index (Phi) is 4.01. The molecular formula is C11H12F2O4. The molecule has 0 heterocycles. The predicted octanol–water partition coefficient (Wildman–Crippen LogP) is 2.02. The number of hydrogen-bond acceptors (Lipinski definition) is 3. The van der Waals surface area contributed by atoms with Crippen molar-refractivity contribution in [3.05, 3.63) is 28.8 Å². The van der Waals surface area contributed by atoms with E-state index < -0.39 is 18.7 Å². The molecule has 1 atom stereocenters. The van der Waals surface area contributed by atoms with Gasteiger partial charge in [0, 0.05) is 0 Å². The van der Waals surface area contributed by atoms with Gasteiger partial charge >= 0.3 is 12.6 Å². The van der Waals surface area contributed by atoms with E-state index in [9.17, 15) is 18.7 Å². The summed E-state index contributed by atoms with van der Waals surface area (Å²) in [5, 5.41) is 18.0. The molecule has 1 unspecified atom stereocenters. The summed E-state index contributed by atoms with van der Waals surface area (Å²) in [6.07, 6.45) is -1.76. The second-order valence-electron chi connectivity index (χ2n) is 3.58. The van der Waals surface area contributed by atoms with Crippen LogP contribution in [0.3, 0.4) is 0 Å². The summed E-state index contributed by atoms with van der Waals surface area (Å²) in [7, 11) is 0. The van der Waals surface area contributed by atoms with Gasteiger partial charge in [-0.25, -0.2) is 4.79 Å². The first kappa shape index (κ1) is 13.4. The van der Waals surface area contributed by atoms with Crippen molar-refractivity contribution in [3.63, 3.8) is 0 Å². The zero-order chi connectivity index (χ0) is 13.2. The average Bonchev–Trinajstić information content (AvgIpc) is 2.22. The number of alkyl halides is 2. The Labute approximate surface area is 96.5 Å². The van der Waals surface area contributed by atoms with Gasteiger partial charge in [-0.1, -0.05) is 6.07 Å². The van der Waals surface area contributed by atoms with Crippen molar-refractivity contribution in [1.29, 1.82) is 0 Å². The Morgan fingerprint density at radius 1 is 1.35 bits per heavy atom. The van der Waals surface area contributed by atoms with Crippen LogP contribution >= 0.6 is 0 Å². The molecule has 17 heavy (non-hydrogen) atoms. The summed E-state index contributed by atoms with van der Waals surface area (Å²) in [5.74, 6) is -1.58. The summed E-state index contributed by atoms with van der Waals surface area (Å²) in [6.45, 7) is 0.195. The molecule has 0 radical (unpaired) electrons. The third kappa shape index (κ3) is 3.13. The van der Waals surface area contributed by atoms with Crippen LogP contribution in [0.15, 0.2) is 12.1 Å². The third-order valence-corrected chi connectivity index (χ3v) is 2.41. The summed E-state index contributed by atoms with van der Waals surface area (Å²) in [4.78, 5) is 10.6. The van der Waals surface area contributed by atoms with Crippen LogP contribution < -0.4 is 4.74 Å². The van der Waals surface area contributed by atoms with E-state index >= 15 is 0 Å². The third-order valence-electron chi connectivity index (χ3n) is 2.41. The van der Waals surface area contributed by atoms with Crippen LogP contribution in [0.1, 0.15) is 22.8 Å². The summed E-state index contributed by atoms with van der Waals surface area (Å²) < 4.78 is 28.5. The molecule has 0 saturated carbocycles. The van der Waals surface area contributed by atoms with Crippen LogP contribution in [0.25, 0.3) is 0 Å². The smallest absolute Gasteiger partial charge is 0.387 e. The van der Waals surface area contributed by atoms with E-state index in [2.05, 4.69) is 4.74 Å². The number of carbonyl (C=O) groups is 1. The molecule has 6 heteroatoms. The lowest BCUT2D eigenvalue weighted by Crippen LogP contribution is -2.12. The van der Waals surface area contributed by atoms with Crippen molar-refractivity contribution in [1.82, 2.24) is 0 Å². The largest absolute Gasteiger partial charge is 0.479 e. The molecule has 1 rings (SSSR count). The molecule has 0 spiro atoms. The summed E-state index contributed by atoms with van der Waals surface area (Å²) in [6, 6.07) is 2.53. The lowest BCUT2D eigenvalue weighted by atomic mass is 10.0. The van der Waals surface area contributed by atoms with E-state index in [1.165, 1.54) is 6.07 Å². The zero-order valence-corrected chi connectivity index (χ0v) is 9.28. The lowest BCUT2D eigenvalue weighted by Gasteiger charge is -2.14. The Balaban J connectivity index is 3.18. The highest BCUT2D eigenvalue weighted by molar-refractivity contribution is 5.74. The Hall–Kier alpha value is -1.69. The molecule has 0 aliphatic carbocycles. The van der Waals surface area contributed by atoms with Gasteiger partial charge in [-0.3, -0.25) is 0 Å². The van der Waals surface area contributed by atoms with Gasteiger partial charge in [-0.15, -0.1) is 0 Å². The minimum Gasteiger partial charge on any atom is -0.479 e. The van der Waals surface area contributed by atoms with Crippen LogP contribution in [0.4, 0.5) is 8.78 Å². The number of aryl methyl sites for hydroxylation is 1.